The van der Waals surface area contributed by atoms with Gasteiger partial charge in [0, 0.05) is 6.54 Å². The monoisotopic (exact) mass is 217 g/mol. The van der Waals surface area contributed by atoms with E-state index in [9.17, 15) is 9.59 Å². The van der Waals surface area contributed by atoms with Gasteiger partial charge in [-0.05, 0) is 19.8 Å². The summed E-state index contributed by atoms with van der Waals surface area (Å²) >= 11 is 0. The molecule has 0 bridgehead atoms. The number of carboxylic acid groups (broad SMARTS) is 1. The van der Waals surface area contributed by atoms with Crippen LogP contribution in [0.3, 0.4) is 0 Å². The summed E-state index contributed by atoms with van der Waals surface area (Å²) in [5.74, 6) is -0.992. The number of carboxylic acids is 1. The van der Waals surface area contributed by atoms with Crippen LogP contribution in [0.5, 0.6) is 0 Å². The molecule has 0 fully saturated rings. The first-order valence-electron chi connectivity index (χ1n) is 5.00. The summed E-state index contributed by atoms with van der Waals surface area (Å²) in [6, 6.07) is 0. The first-order chi connectivity index (χ1) is 6.84. The molecular formula is C10H19NO4. The summed E-state index contributed by atoms with van der Waals surface area (Å²) in [4.78, 5) is 21.8. The first kappa shape index (κ1) is 13.9. The SMILES string of the molecule is CC(C)CNC(=O)C(C)O[C@H](C)C(=O)O. The van der Waals surface area contributed by atoms with Gasteiger partial charge in [0.25, 0.3) is 0 Å². The summed E-state index contributed by atoms with van der Waals surface area (Å²) in [6.07, 6.45) is -1.71. The van der Waals surface area contributed by atoms with E-state index >= 15 is 0 Å². The third-order valence-corrected chi connectivity index (χ3v) is 1.81. The number of hydrogen-bond acceptors (Lipinski definition) is 3. The molecule has 0 rings (SSSR count). The Bertz CT molecular complexity index is 227. The second-order valence-electron chi connectivity index (χ2n) is 3.90. The zero-order chi connectivity index (χ0) is 12.0. The predicted octanol–water partition coefficient (Wildman–Crippen LogP) is 0.637. The molecule has 88 valence electrons. The van der Waals surface area contributed by atoms with Gasteiger partial charge in [-0.15, -0.1) is 0 Å². The number of rotatable bonds is 6. The van der Waals surface area contributed by atoms with Crippen molar-refractivity contribution in [3.8, 4) is 0 Å². The van der Waals surface area contributed by atoms with Crippen molar-refractivity contribution in [2.75, 3.05) is 6.54 Å². The van der Waals surface area contributed by atoms with E-state index in [2.05, 4.69) is 5.32 Å². The number of ether oxygens (including phenoxy) is 1. The Morgan fingerprint density at radius 2 is 1.73 bits per heavy atom. The second kappa shape index (κ2) is 6.40. The number of aliphatic carboxylic acids is 1. The molecule has 0 radical (unpaired) electrons. The molecule has 0 aliphatic rings. The smallest absolute Gasteiger partial charge is 0.332 e. The Labute approximate surface area is 89.8 Å². The van der Waals surface area contributed by atoms with Crippen LogP contribution in [0, 0.1) is 5.92 Å². The van der Waals surface area contributed by atoms with Crippen molar-refractivity contribution in [1.29, 1.82) is 0 Å². The molecule has 5 nitrogen and oxygen atoms in total. The lowest BCUT2D eigenvalue weighted by Crippen LogP contribution is -2.39. The van der Waals surface area contributed by atoms with Crippen molar-refractivity contribution in [1.82, 2.24) is 5.32 Å². The summed E-state index contributed by atoms with van der Waals surface area (Å²) in [7, 11) is 0. The van der Waals surface area contributed by atoms with E-state index in [1.807, 2.05) is 13.8 Å². The van der Waals surface area contributed by atoms with E-state index in [4.69, 9.17) is 9.84 Å². The van der Waals surface area contributed by atoms with Crippen molar-refractivity contribution in [3.05, 3.63) is 0 Å². The van der Waals surface area contributed by atoms with Crippen LogP contribution in [0.15, 0.2) is 0 Å². The maximum absolute atomic E-state index is 11.4. The van der Waals surface area contributed by atoms with Crippen LogP contribution in [0.4, 0.5) is 0 Å². The molecule has 0 spiro atoms. The van der Waals surface area contributed by atoms with E-state index in [-0.39, 0.29) is 5.91 Å². The number of nitrogens with one attached hydrogen (secondary N) is 1. The molecule has 0 aliphatic heterocycles. The number of carbonyl (C=O) groups excluding carboxylic acids is 1. The van der Waals surface area contributed by atoms with Crippen LogP contribution in [0.2, 0.25) is 0 Å². The quantitative estimate of drug-likeness (QED) is 0.684. The standard InChI is InChI=1S/C10H19NO4/c1-6(2)5-11-9(12)7(3)15-8(4)10(13)14/h6-8H,5H2,1-4H3,(H,11,12)(H,13,14)/t7?,8-/m1/s1. The Balaban J connectivity index is 3.93. The summed E-state index contributed by atoms with van der Waals surface area (Å²) in [5, 5.41) is 11.2. The van der Waals surface area contributed by atoms with Gasteiger partial charge in [0.2, 0.25) is 5.91 Å². The highest BCUT2D eigenvalue weighted by molar-refractivity contribution is 5.81. The third kappa shape index (κ3) is 6.06. The average Bonchev–Trinajstić information content (AvgIpc) is 2.13. The fraction of sp³-hybridized carbons (Fsp3) is 0.800. The summed E-state index contributed by atoms with van der Waals surface area (Å²) in [6.45, 7) is 7.45. The third-order valence-electron chi connectivity index (χ3n) is 1.81. The fourth-order valence-corrected chi connectivity index (χ4v) is 0.875. The first-order valence-corrected chi connectivity index (χ1v) is 5.00. The van der Waals surface area contributed by atoms with Crippen LogP contribution in [-0.2, 0) is 14.3 Å². The highest BCUT2D eigenvalue weighted by Crippen LogP contribution is 1.99. The summed E-state index contributed by atoms with van der Waals surface area (Å²) < 4.78 is 4.99. The maximum atomic E-state index is 11.4. The summed E-state index contributed by atoms with van der Waals surface area (Å²) in [5.41, 5.74) is 0. The Hall–Kier alpha value is -1.10. The van der Waals surface area contributed by atoms with Crippen molar-refractivity contribution < 1.29 is 19.4 Å². The molecule has 5 heteroatoms. The van der Waals surface area contributed by atoms with E-state index in [0.29, 0.717) is 12.5 Å². The average molecular weight is 217 g/mol. The number of hydrogen-bond donors (Lipinski definition) is 2. The molecule has 0 aromatic carbocycles. The zero-order valence-electron chi connectivity index (χ0n) is 9.61. The molecule has 0 aromatic heterocycles. The molecule has 0 saturated heterocycles. The molecular weight excluding hydrogens is 198 g/mol. The molecule has 1 unspecified atom stereocenters. The van der Waals surface area contributed by atoms with E-state index in [0.717, 1.165) is 0 Å². The minimum absolute atomic E-state index is 0.281. The number of amides is 1. The second-order valence-corrected chi connectivity index (χ2v) is 3.90. The van der Waals surface area contributed by atoms with Crippen LogP contribution in [0.1, 0.15) is 27.7 Å². The van der Waals surface area contributed by atoms with Gasteiger partial charge in [0.1, 0.15) is 6.10 Å². The Morgan fingerprint density at radius 3 is 2.13 bits per heavy atom. The minimum Gasteiger partial charge on any atom is -0.479 e. The van der Waals surface area contributed by atoms with Gasteiger partial charge in [-0.1, -0.05) is 13.8 Å². The van der Waals surface area contributed by atoms with Gasteiger partial charge in [-0.25, -0.2) is 4.79 Å². The van der Waals surface area contributed by atoms with Gasteiger partial charge < -0.3 is 15.2 Å². The van der Waals surface area contributed by atoms with E-state index in [1.54, 1.807) is 0 Å². The van der Waals surface area contributed by atoms with Gasteiger partial charge in [-0.2, -0.15) is 0 Å². The van der Waals surface area contributed by atoms with Crippen LogP contribution in [0.25, 0.3) is 0 Å². The largest absolute Gasteiger partial charge is 0.479 e. The molecule has 0 aromatic rings. The van der Waals surface area contributed by atoms with Gasteiger partial charge >= 0.3 is 5.97 Å². The predicted molar refractivity (Wildman–Crippen MR) is 55.5 cm³/mol. The molecule has 0 aliphatic carbocycles. The highest BCUT2D eigenvalue weighted by atomic mass is 16.5. The van der Waals surface area contributed by atoms with Crippen LogP contribution < -0.4 is 5.32 Å². The van der Waals surface area contributed by atoms with Crippen LogP contribution in [-0.4, -0.2) is 35.7 Å². The topological polar surface area (TPSA) is 75.6 Å². The van der Waals surface area contributed by atoms with Gasteiger partial charge in [-0.3, -0.25) is 4.79 Å². The van der Waals surface area contributed by atoms with Crippen LogP contribution >= 0.6 is 0 Å². The molecule has 15 heavy (non-hydrogen) atoms. The molecule has 2 atom stereocenters. The highest BCUT2D eigenvalue weighted by Gasteiger charge is 2.20. The lowest BCUT2D eigenvalue weighted by Gasteiger charge is -2.16. The normalized spacial score (nSPS) is 14.7. The van der Waals surface area contributed by atoms with Gasteiger partial charge in [0.15, 0.2) is 6.10 Å². The lowest BCUT2D eigenvalue weighted by molar-refractivity contribution is -0.155. The van der Waals surface area contributed by atoms with Crippen molar-refractivity contribution >= 4 is 11.9 Å². The minimum atomic E-state index is -1.07. The number of carbonyl (C=O) groups is 2. The van der Waals surface area contributed by atoms with Crippen molar-refractivity contribution in [3.63, 3.8) is 0 Å². The lowest BCUT2D eigenvalue weighted by atomic mass is 10.2. The Kier molecular flexibility index (Phi) is 5.93. The zero-order valence-corrected chi connectivity index (χ0v) is 9.61. The molecule has 0 heterocycles. The van der Waals surface area contributed by atoms with Crippen molar-refractivity contribution in [2.24, 2.45) is 5.92 Å². The molecule has 1 amide bonds. The molecule has 0 saturated carbocycles. The van der Waals surface area contributed by atoms with E-state index in [1.165, 1.54) is 13.8 Å². The molecule has 2 N–H and O–H groups in total. The fourth-order valence-electron chi connectivity index (χ4n) is 0.875. The van der Waals surface area contributed by atoms with E-state index < -0.39 is 18.2 Å². The van der Waals surface area contributed by atoms with Gasteiger partial charge in [0.05, 0.1) is 0 Å². The maximum Gasteiger partial charge on any atom is 0.332 e. The Morgan fingerprint density at radius 1 is 1.20 bits per heavy atom. The van der Waals surface area contributed by atoms with Crippen molar-refractivity contribution in [2.45, 2.75) is 39.9 Å².